The van der Waals surface area contributed by atoms with Crippen LogP contribution in [0.4, 0.5) is 0 Å². The first kappa shape index (κ1) is 9.03. The number of hydrogen-bond acceptors (Lipinski definition) is 2. The van der Waals surface area contributed by atoms with Crippen molar-refractivity contribution < 1.29 is 4.74 Å². The van der Waals surface area contributed by atoms with E-state index in [1.165, 1.54) is 0 Å². The minimum absolute atomic E-state index is 0.701. The first-order chi connectivity index (χ1) is 6.84. The van der Waals surface area contributed by atoms with E-state index < -0.39 is 0 Å². The second-order valence-electron chi connectivity index (χ2n) is 2.74. The Balaban J connectivity index is 2.16. The summed E-state index contributed by atoms with van der Waals surface area (Å²) in [6, 6.07) is 10.8. The fraction of sp³-hybridized carbons (Fsp3) is 0. The van der Waals surface area contributed by atoms with Crippen LogP contribution in [0.2, 0.25) is 5.02 Å². The van der Waals surface area contributed by atoms with Crippen LogP contribution in [0, 0.1) is 0 Å². The van der Waals surface area contributed by atoms with E-state index in [9.17, 15) is 0 Å². The van der Waals surface area contributed by atoms with E-state index in [1.807, 2.05) is 12.1 Å². The first-order valence-corrected chi connectivity index (χ1v) is 4.56. The van der Waals surface area contributed by atoms with Crippen LogP contribution in [0.1, 0.15) is 0 Å². The average molecular weight is 206 g/mol. The smallest absolute Gasteiger partial charge is 0.130 e. The molecule has 70 valence electrons. The van der Waals surface area contributed by atoms with E-state index in [0.717, 1.165) is 11.5 Å². The summed E-state index contributed by atoms with van der Waals surface area (Å²) < 4.78 is 5.53. The SMILES string of the molecule is Clc1ccc(Oc2ccncc2)cc1. The summed E-state index contributed by atoms with van der Waals surface area (Å²) in [5.74, 6) is 1.53. The highest BCUT2D eigenvalue weighted by atomic mass is 35.5. The van der Waals surface area contributed by atoms with Crippen LogP contribution < -0.4 is 4.74 Å². The third-order valence-corrected chi connectivity index (χ3v) is 1.95. The number of aromatic nitrogens is 1. The Morgan fingerprint density at radius 3 is 2.07 bits per heavy atom. The molecule has 0 aliphatic heterocycles. The summed E-state index contributed by atoms with van der Waals surface area (Å²) in [6.07, 6.45) is 3.37. The van der Waals surface area contributed by atoms with Gasteiger partial charge in [-0.05, 0) is 36.4 Å². The molecule has 0 saturated heterocycles. The molecule has 0 unspecified atom stereocenters. The van der Waals surface area contributed by atoms with Crippen molar-refractivity contribution in [1.29, 1.82) is 0 Å². The molecule has 2 nitrogen and oxygen atoms in total. The van der Waals surface area contributed by atoms with Gasteiger partial charge in [0.25, 0.3) is 0 Å². The first-order valence-electron chi connectivity index (χ1n) is 4.18. The summed E-state index contributed by atoms with van der Waals surface area (Å²) in [5.41, 5.74) is 0. The molecule has 0 saturated carbocycles. The quantitative estimate of drug-likeness (QED) is 0.748. The van der Waals surface area contributed by atoms with Gasteiger partial charge in [-0.2, -0.15) is 0 Å². The maximum Gasteiger partial charge on any atom is 0.130 e. The number of ether oxygens (including phenoxy) is 1. The third kappa shape index (κ3) is 2.24. The summed E-state index contributed by atoms with van der Waals surface area (Å²) >= 11 is 5.75. The van der Waals surface area contributed by atoms with Crippen LogP contribution in [-0.4, -0.2) is 4.98 Å². The molecule has 1 aromatic carbocycles. The van der Waals surface area contributed by atoms with Crippen LogP contribution in [-0.2, 0) is 0 Å². The van der Waals surface area contributed by atoms with Gasteiger partial charge in [0.15, 0.2) is 0 Å². The Hall–Kier alpha value is -1.54. The average Bonchev–Trinajstić information content (AvgIpc) is 2.23. The Morgan fingerprint density at radius 1 is 0.857 bits per heavy atom. The predicted molar refractivity (Wildman–Crippen MR) is 55.8 cm³/mol. The van der Waals surface area contributed by atoms with Gasteiger partial charge < -0.3 is 4.74 Å². The molecule has 2 aromatic rings. The van der Waals surface area contributed by atoms with Gasteiger partial charge in [-0.25, -0.2) is 0 Å². The maximum absolute atomic E-state index is 5.75. The fourth-order valence-electron chi connectivity index (χ4n) is 1.04. The monoisotopic (exact) mass is 205 g/mol. The lowest BCUT2D eigenvalue weighted by Gasteiger charge is -2.04. The van der Waals surface area contributed by atoms with Gasteiger partial charge in [0.05, 0.1) is 0 Å². The van der Waals surface area contributed by atoms with Crippen molar-refractivity contribution in [3.8, 4) is 11.5 Å². The summed E-state index contributed by atoms with van der Waals surface area (Å²) in [4.78, 5) is 3.90. The normalized spacial score (nSPS) is 9.79. The molecule has 1 aromatic heterocycles. The van der Waals surface area contributed by atoms with Crippen molar-refractivity contribution >= 4 is 11.6 Å². The molecular formula is C11H8ClNO. The van der Waals surface area contributed by atoms with Crippen LogP contribution in [0.3, 0.4) is 0 Å². The van der Waals surface area contributed by atoms with Crippen LogP contribution in [0.25, 0.3) is 0 Å². The maximum atomic E-state index is 5.75. The minimum atomic E-state index is 0.701. The van der Waals surface area contributed by atoms with Gasteiger partial charge in [-0.1, -0.05) is 11.6 Å². The molecule has 0 amide bonds. The van der Waals surface area contributed by atoms with Gasteiger partial charge in [0.2, 0.25) is 0 Å². The lowest BCUT2D eigenvalue weighted by atomic mass is 10.3. The molecule has 0 fully saturated rings. The molecule has 0 spiro atoms. The van der Waals surface area contributed by atoms with E-state index in [4.69, 9.17) is 16.3 Å². The van der Waals surface area contributed by atoms with Crippen LogP contribution >= 0.6 is 11.6 Å². The van der Waals surface area contributed by atoms with Crippen LogP contribution in [0.5, 0.6) is 11.5 Å². The number of halogens is 1. The highest BCUT2D eigenvalue weighted by molar-refractivity contribution is 6.30. The van der Waals surface area contributed by atoms with Crippen molar-refractivity contribution in [2.75, 3.05) is 0 Å². The van der Waals surface area contributed by atoms with Crippen molar-refractivity contribution in [2.24, 2.45) is 0 Å². The lowest BCUT2D eigenvalue weighted by molar-refractivity contribution is 0.482. The molecule has 0 aliphatic carbocycles. The van der Waals surface area contributed by atoms with Gasteiger partial charge >= 0.3 is 0 Å². The van der Waals surface area contributed by atoms with Gasteiger partial charge in [0.1, 0.15) is 11.5 Å². The topological polar surface area (TPSA) is 22.1 Å². The molecule has 0 atom stereocenters. The Bertz CT molecular complexity index is 399. The summed E-state index contributed by atoms with van der Waals surface area (Å²) in [7, 11) is 0. The standard InChI is InChI=1S/C11H8ClNO/c12-9-1-3-10(4-2-9)14-11-5-7-13-8-6-11/h1-8H. The van der Waals surface area contributed by atoms with Gasteiger partial charge in [0, 0.05) is 17.4 Å². The lowest BCUT2D eigenvalue weighted by Crippen LogP contribution is -1.83. The van der Waals surface area contributed by atoms with Crippen molar-refractivity contribution in [3.05, 3.63) is 53.8 Å². The second-order valence-corrected chi connectivity index (χ2v) is 3.18. The van der Waals surface area contributed by atoms with E-state index >= 15 is 0 Å². The van der Waals surface area contributed by atoms with E-state index in [1.54, 1.807) is 36.7 Å². The number of hydrogen-bond donors (Lipinski definition) is 0. The van der Waals surface area contributed by atoms with Crippen molar-refractivity contribution in [1.82, 2.24) is 4.98 Å². The molecule has 1 heterocycles. The molecule has 0 aliphatic rings. The number of nitrogens with zero attached hydrogens (tertiary/aromatic N) is 1. The fourth-order valence-corrected chi connectivity index (χ4v) is 1.17. The summed E-state index contributed by atoms with van der Waals surface area (Å²) in [6.45, 7) is 0. The Morgan fingerprint density at radius 2 is 1.43 bits per heavy atom. The second kappa shape index (κ2) is 4.11. The molecule has 14 heavy (non-hydrogen) atoms. The zero-order valence-corrected chi connectivity index (χ0v) is 8.11. The number of pyridine rings is 1. The predicted octanol–water partition coefficient (Wildman–Crippen LogP) is 3.53. The molecule has 2 rings (SSSR count). The molecule has 0 radical (unpaired) electrons. The van der Waals surface area contributed by atoms with Crippen molar-refractivity contribution in [2.45, 2.75) is 0 Å². The van der Waals surface area contributed by atoms with E-state index in [0.29, 0.717) is 5.02 Å². The molecule has 0 N–H and O–H groups in total. The third-order valence-electron chi connectivity index (χ3n) is 1.70. The number of benzene rings is 1. The Labute approximate surface area is 87.1 Å². The van der Waals surface area contributed by atoms with Crippen molar-refractivity contribution in [3.63, 3.8) is 0 Å². The molecule has 0 bridgehead atoms. The van der Waals surface area contributed by atoms with Gasteiger partial charge in [-0.15, -0.1) is 0 Å². The molecule has 3 heteroatoms. The largest absolute Gasteiger partial charge is 0.457 e. The number of rotatable bonds is 2. The summed E-state index contributed by atoms with van der Waals surface area (Å²) in [5, 5.41) is 0.701. The zero-order chi connectivity index (χ0) is 9.80. The van der Waals surface area contributed by atoms with Gasteiger partial charge in [-0.3, -0.25) is 4.98 Å². The Kier molecular flexibility index (Phi) is 2.65. The van der Waals surface area contributed by atoms with Crippen LogP contribution in [0.15, 0.2) is 48.8 Å². The minimum Gasteiger partial charge on any atom is -0.457 e. The van der Waals surface area contributed by atoms with E-state index in [2.05, 4.69) is 4.98 Å². The zero-order valence-electron chi connectivity index (χ0n) is 7.35. The van der Waals surface area contributed by atoms with E-state index in [-0.39, 0.29) is 0 Å². The highest BCUT2D eigenvalue weighted by Gasteiger charge is 1.95. The molecular weight excluding hydrogens is 198 g/mol. The highest BCUT2D eigenvalue weighted by Crippen LogP contribution is 2.21.